The molecule has 7 heteroatoms. The number of nitro benzene ring substituents is 1. The lowest BCUT2D eigenvalue weighted by atomic mass is 9.92. The van der Waals surface area contributed by atoms with Crippen LogP contribution in [0.2, 0.25) is 0 Å². The fraction of sp³-hybridized carbons (Fsp3) is 0.235. The number of rotatable bonds is 4. The van der Waals surface area contributed by atoms with Gasteiger partial charge in [0.25, 0.3) is 5.69 Å². The van der Waals surface area contributed by atoms with Gasteiger partial charge in [0.05, 0.1) is 39.6 Å². The van der Waals surface area contributed by atoms with E-state index in [0.717, 1.165) is 0 Å². The van der Waals surface area contributed by atoms with Crippen LogP contribution in [0.4, 0.5) is 5.69 Å². The van der Waals surface area contributed by atoms with E-state index in [1.807, 2.05) is 6.07 Å². The summed E-state index contributed by atoms with van der Waals surface area (Å²) in [6.07, 6.45) is 0. The Bertz CT molecular complexity index is 869. The lowest BCUT2D eigenvalue weighted by molar-refractivity contribution is -0.384. The minimum atomic E-state index is -0.660. The maximum absolute atomic E-state index is 12.4. The molecule has 1 aromatic heterocycles. The number of ether oxygens (including phenoxy) is 1. The first-order valence-electron chi connectivity index (χ1n) is 7.24. The predicted molar refractivity (Wildman–Crippen MR) is 86.5 cm³/mol. The van der Waals surface area contributed by atoms with E-state index in [4.69, 9.17) is 4.74 Å². The zero-order valence-corrected chi connectivity index (χ0v) is 13.5. The second kappa shape index (κ2) is 6.87. The van der Waals surface area contributed by atoms with Gasteiger partial charge in [0.2, 0.25) is 0 Å². The highest BCUT2D eigenvalue weighted by Crippen LogP contribution is 2.36. The Morgan fingerprint density at radius 2 is 2.00 bits per heavy atom. The van der Waals surface area contributed by atoms with E-state index < -0.39 is 10.9 Å². The summed E-state index contributed by atoms with van der Waals surface area (Å²) in [6, 6.07) is 7.98. The number of esters is 1. The summed E-state index contributed by atoms with van der Waals surface area (Å²) in [5.74, 6) is -0.660. The first-order chi connectivity index (χ1) is 11.4. The standard InChI is InChI=1S/C17H15N3O4/c1-4-24-17(21)15-11(3)19-10(2)13(9-18)16(15)12-7-5-6-8-14(12)20(22)23/h5-8H,4H2,1-3H3. The number of nitrogens with zero attached hydrogens (tertiary/aromatic N) is 3. The van der Waals surface area contributed by atoms with Crippen molar-refractivity contribution in [2.45, 2.75) is 20.8 Å². The fourth-order valence-corrected chi connectivity index (χ4v) is 2.55. The van der Waals surface area contributed by atoms with Gasteiger partial charge in [-0.3, -0.25) is 15.1 Å². The van der Waals surface area contributed by atoms with E-state index in [-0.39, 0.29) is 34.5 Å². The number of para-hydroxylation sites is 1. The van der Waals surface area contributed by atoms with Gasteiger partial charge in [0, 0.05) is 11.6 Å². The van der Waals surface area contributed by atoms with Crippen molar-refractivity contribution in [2.24, 2.45) is 0 Å². The quantitative estimate of drug-likeness (QED) is 0.485. The van der Waals surface area contributed by atoms with Gasteiger partial charge in [-0.25, -0.2) is 4.79 Å². The third kappa shape index (κ3) is 2.94. The third-order valence-electron chi connectivity index (χ3n) is 3.52. The van der Waals surface area contributed by atoms with E-state index >= 15 is 0 Å². The van der Waals surface area contributed by atoms with Crippen molar-refractivity contribution in [3.63, 3.8) is 0 Å². The highest BCUT2D eigenvalue weighted by Gasteiger charge is 2.27. The largest absolute Gasteiger partial charge is 0.462 e. The molecule has 0 N–H and O–H groups in total. The van der Waals surface area contributed by atoms with Crippen LogP contribution in [0.3, 0.4) is 0 Å². The normalized spacial score (nSPS) is 10.1. The Hall–Kier alpha value is -3.27. The van der Waals surface area contributed by atoms with Crippen LogP contribution in [-0.4, -0.2) is 22.5 Å². The fourth-order valence-electron chi connectivity index (χ4n) is 2.55. The molecule has 0 bridgehead atoms. The second-order valence-corrected chi connectivity index (χ2v) is 5.01. The molecule has 0 spiro atoms. The molecule has 0 radical (unpaired) electrons. The van der Waals surface area contributed by atoms with E-state index in [1.54, 1.807) is 26.8 Å². The summed E-state index contributed by atoms with van der Waals surface area (Å²) in [7, 11) is 0. The Morgan fingerprint density at radius 3 is 2.58 bits per heavy atom. The van der Waals surface area contributed by atoms with Crippen LogP contribution in [-0.2, 0) is 4.74 Å². The summed E-state index contributed by atoms with van der Waals surface area (Å²) < 4.78 is 5.05. The molecule has 1 aromatic carbocycles. The highest BCUT2D eigenvalue weighted by atomic mass is 16.6. The SMILES string of the molecule is CCOC(=O)c1c(C)nc(C)c(C#N)c1-c1ccccc1[N+](=O)[O-]. The number of carbonyl (C=O) groups excluding carboxylic acids is 1. The first-order valence-corrected chi connectivity index (χ1v) is 7.24. The van der Waals surface area contributed by atoms with Gasteiger partial charge < -0.3 is 4.74 Å². The van der Waals surface area contributed by atoms with Gasteiger partial charge >= 0.3 is 5.97 Å². The molecule has 7 nitrogen and oxygen atoms in total. The number of hydrogen-bond acceptors (Lipinski definition) is 6. The van der Waals surface area contributed by atoms with Crippen molar-refractivity contribution < 1.29 is 14.5 Å². The molecule has 0 atom stereocenters. The van der Waals surface area contributed by atoms with Crippen LogP contribution >= 0.6 is 0 Å². The summed E-state index contributed by atoms with van der Waals surface area (Å²) >= 11 is 0. The molecular weight excluding hydrogens is 310 g/mol. The van der Waals surface area contributed by atoms with E-state index in [1.165, 1.54) is 18.2 Å². The van der Waals surface area contributed by atoms with Crippen molar-refractivity contribution in [2.75, 3.05) is 6.61 Å². The molecular formula is C17H15N3O4. The molecule has 0 aliphatic rings. The number of carbonyl (C=O) groups is 1. The maximum atomic E-state index is 12.4. The van der Waals surface area contributed by atoms with E-state index in [2.05, 4.69) is 4.98 Å². The lowest BCUT2D eigenvalue weighted by Gasteiger charge is -2.15. The molecule has 0 aliphatic heterocycles. The molecule has 0 amide bonds. The number of aromatic nitrogens is 1. The number of nitro groups is 1. The monoisotopic (exact) mass is 325 g/mol. The molecule has 0 fully saturated rings. The van der Waals surface area contributed by atoms with Crippen LogP contribution in [0.25, 0.3) is 11.1 Å². The smallest absolute Gasteiger partial charge is 0.340 e. The molecule has 0 saturated heterocycles. The van der Waals surface area contributed by atoms with Gasteiger partial charge in [-0.15, -0.1) is 0 Å². The number of pyridine rings is 1. The summed E-state index contributed by atoms with van der Waals surface area (Å²) in [6.45, 7) is 5.03. The molecule has 0 saturated carbocycles. The molecule has 24 heavy (non-hydrogen) atoms. The Labute approximate surface area is 138 Å². The Kier molecular flexibility index (Phi) is 4.90. The van der Waals surface area contributed by atoms with Crippen LogP contribution < -0.4 is 0 Å². The van der Waals surface area contributed by atoms with Crippen LogP contribution in [0.1, 0.15) is 34.2 Å². The van der Waals surface area contributed by atoms with Crippen LogP contribution in [0.15, 0.2) is 24.3 Å². The van der Waals surface area contributed by atoms with Crippen molar-refractivity contribution in [1.82, 2.24) is 4.98 Å². The van der Waals surface area contributed by atoms with Crippen LogP contribution in [0, 0.1) is 35.3 Å². The summed E-state index contributed by atoms with van der Waals surface area (Å²) in [4.78, 5) is 27.4. The molecule has 122 valence electrons. The number of nitriles is 1. The predicted octanol–water partition coefficient (Wildman–Crippen LogP) is 3.32. The zero-order valence-electron chi connectivity index (χ0n) is 13.5. The number of hydrogen-bond donors (Lipinski definition) is 0. The minimum absolute atomic E-state index is 0.0771. The summed E-state index contributed by atoms with van der Waals surface area (Å²) in [5, 5.41) is 20.9. The lowest BCUT2D eigenvalue weighted by Crippen LogP contribution is -2.13. The highest BCUT2D eigenvalue weighted by molar-refractivity contribution is 6.01. The maximum Gasteiger partial charge on any atom is 0.340 e. The van der Waals surface area contributed by atoms with Gasteiger partial charge in [-0.2, -0.15) is 5.26 Å². The van der Waals surface area contributed by atoms with Gasteiger partial charge in [0.1, 0.15) is 6.07 Å². The van der Waals surface area contributed by atoms with E-state index in [0.29, 0.717) is 11.4 Å². The number of aryl methyl sites for hydroxylation is 2. The molecule has 0 aliphatic carbocycles. The molecule has 2 rings (SSSR count). The molecule has 1 heterocycles. The second-order valence-electron chi connectivity index (χ2n) is 5.01. The average Bonchev–Trinajstić information content (AvgIpc) is 2.54. The van der Waals surface area contributed by atoms with E-state index in [9.17, 15) is 20.2 Å². The average molecular weight is 325 g/mol. The van der Waals surface area contributed by atoms with Crippen molar-refractivity contribution in [3.8, 4) is 17.2 Å². The van der Waals surface area contributed by atoms with Crippen molar-refractivity contribution >= 4 is 11.7 Å². The van der Waals surface area contributed by atoms with Gasteiger partial charge in [-0.05, 0) is 26.8 Å². The molecule has 2 aromatic rings. The third-order valence-corrected chi connectivity index (χ3v) is 3.52. The molecule has 0 unspecified atom stereocenters. The van der Waals surface area contributed by atoms with Gasteiger partial charge in [0.15, 0.2) is 0 Å². The topological polar surface area (TPSA) is 106 Å². The van der Waals surface area contributed by atoms with Crippen molar-refractivity contribution in [3.05, 3.63) is 56.9 Å². The Morgan fingerprint density at radius 1 is 1.33 bits per heavy atom. The van der Waals surface area contributed by atoms with Crippen LogP contribution in [0.5, 0.6) is 0 Å². The Balaban J connectivity index is 2.94. The minimum Gasteiger partial charge on any atom is -0.462 e. The van der Waals surface area contributed by atoms with Gasteiger partial charge in [-0.1, -0.05) is 12.1 Å². The zero-order chi connectivity index (χ0) is 17.9. The number of benzene rings is 1. The summed E-state index contributed by atoms with van der Waals surface area (Å²) in [5.41, 5.74) is 1.15. The first kappa shape index (κ1) is 17.1. The van der Waals surface area contributed by atoms with Crippen molar-refractivity contribution in [1.29, 1.82) is 5.26 Å².